The van der Waals surface area contributed by atoms with Crippen molar-refractivity contribution >= 4 is 15.9 Å². The fourth-order valence-corrected chi connectivity index (χ4v) is 4.41. The van der Waals surface area contributed by atoms with Gasteiger partial charge in [0, 0.05) is 6.54 Å². The first-order chi connectivity index (χ1) is 15.8. The number of benzene rings is 3. The Balaban J connectivity index is 1.78. The number of carbonyl (C=O) groups excluding carboxylic acids is 1. The minimum Gasteiger partial charge on any atom is -0.493 e. The predicted octanol–water partition coefficient (Wildman–Crippen LogP) is 3.05. The summed E-state index contributed by atoms with van der Waals surface area (Å²) in [4.78, 5) is 12.9. The van der Waals surface area contributed by atoms with Crippen LogP contribution < -0.4 is 19.5 Å². The van der Waals surface area contributed by atoms with Crippen LogP contribution in [0.15, 0.2) is 77.7 Å². The molecule has 0 aliphatic carbocycles. The summed E-state index contributed by atoms with van der Waals surface area (Å²) < 4.78 is 51.8. The van der Waals surface area contributed by atoms with E-state index in [0.717, 1.165) is 35.4 Å². The Kier molecular flexibility index (Phi) is 8.02. The van der Waals surface area contributed by atoms with E-state index in [4.69, 9.17) is 9.47 Å². The van der Waals surface area contributed by atoms with Crippen LogP contribution >= 0.6 is 0 Å². The largest absolute Gasteiger partial charge is 0.493 e. The molecule has 2 N–H and O–H groups in total. The predicted molar refractivity (Wildman–Crippen MR) is 122 cm³/mol. The van der Waals surface area contributed by atoms with E-state index in [-0.39, 0.29) is 17.9 Å². The molecule has 0 spiro atoms. The molecule has 0 unspecified atom stereocenters. The third kappa shape index (κ3) is 6.53. The van der Waals surface area contributed by atoms with Crippen LogP contribution in [0.1, 0.15) is 11.1 Å². The maximum atomic E-state index is 13.2. The topological polar surface area (TPSA) is 93.7 Å². The Labute approximate surface area is 192 Å². The van der Waals surface area contributed by atoms with Crippen molar-refractivity contribution in [3.63, 3.8) is 0 Å². The molecule has 0 aliphatic heterocycles. The van der Waals surface area contributed by atoms with Crippen LogP contribution in [0.2, 0.25) is 0 Å². The molecule has 3 aromatic carbocycles. The lowest BCUT2D eigenvalue weighted by Gasteiger charge is -2.19. The van der Waals surface area contributed by atoms with Crippen molar-refractivity contribution in [3.05, 3.63) is 89.7 Å². The maximum Gasteiger partial charge on any atom is 0.241 e. The van der Waals surface area contributed by atoms with Crippen molar-refractivity contribution in [2.75, 3.05) is 14.2 Å². The monoisotopic (exact) mass is 472 g/mol. The third-order valence-electron chi connectivity index (χ3n) is 4.94. The number of rotatable bonds is 10. The zero-order valence-electron chi connectivity index (χ0n) is 18.2. The molecule has 0 aliphatic rings. The molecule has 0 fully saturated rings. The van der Waals surface area contributed by atoms with Gasteiger partial charge in [-0.1, -0.05) is 36.4 Å². The Hall–Kier alpha value is -3.43. The molecular formula is C24H25FN2O5S. The average Bonchev–Trinajstić information content (AvgIpc) is 2.82. The van der Waals surface area contributed by atoms with Gasteiger partial charge in [-0.15, -0.1) is 0 Å². The molecule has 0 radical (unpaired) electrons. The highest BCUT2D eigenvalue weighted by Gasteiger charge is 2.26. The van der Waals surface area contributed by atoms with Crippen molar-refractivity contribution in [3.8, 4) is 11.5 Å². The number of hydrogen-bond donors (Lipinski definition) is 2. The summed E-state index contributed by atoms with van der Waals surface area (Å²) >= 11 is 0. The molecule has 9 heteroatoms. The normalized spacial score (nSPS) is 12.1. The number of nitrogens with one attached hydrogen (secondary N) is 2. The summed E-state index contributed by atoms with van der Waals surface area (Å²) in [6.45, 7) is 0.156. The van der Waals surface area contributed by atoms with E-state index >= 15 is 0 Å². The van der Waals surface area contributed by atoms with Gasteiger partial charge in [-0.25, -0.2) is 12.8 Å². The summed E-state index contributed by atoms with van der Waals surface area (Å²) in [6, 6.07) is 17.6. The second-order valence-corrected chi connectivity index (χ2v) is 8.94. The first-order valence-electron chi connectivity index (χ1n) is 10.1. The molecule has 0 saturated heterocycles. The van der Waals surface area contributed by atoms with Gasteiger partial charge in [0.1, 0.15) is 11.9 Å². The number of halogens is 1. The summed E-state index contributed by atoms with van der Waals surface area (Å²) in [7, 11) is -1.02. The second kappa shape index (κ2) is 10.9. The molecule has 33 heavy (non-hydrogen) atoms. The van der Waals surface area contributed by atoms with E-state index in [1.807, 2.05) is 18.2 Å². The van der Waals surface area contributed by atoms with Crippen molar-refractivity contribution in [2.24, 2.45) is 0 Å². The fourth-order valence-electron chi connectivity index (χ4n) is 3.21. The van der Waals surface area contributed by atoms with E-state index in [2.05, 4.69) is 10.0 Å². The van der Waals surface area contributed by atoms with Crippen molar-refractivity contribution < 1.29 is 27.1 Å². The fraction of sp³-hybridized carbons (Fsp3) is 0.208. The van der Waals surface area contributed by atoms with Gasteiger partial charge >= 0.3 is 0 Å². The van der Waals surface area contributed by atoms with Crippen molar-refractivity contribution in [1.29, 1.82) is 0 Å². The van der Waals surface area contributed by atoms with Crippen LogP contribution in [-0.2, 0) is 27.8 Å². The van der Waals surface area contributed by atoms with Gasteiger partial charge < -0.3 is 14.8 Å². The number of methoxy groups -OCH3 is 2. The van der Waals surface area contributed by atoms with Gasteiger partial charge in [0.25, 0.3) is 0 Å². The maximum absolute atomic E-state index is 13.2. The Morgan fingerprint density at radius 2 is 1.58 bits per heavy atom. The number of carbonyl (C=O) groups is 1. The lowest BCUT2D eigenvalue weighted by molar-refractivity contribution is -0.122. The molecule has 7 nitrogen and oxygen atoms in total. The lowest BCUT2D eigenvalue weighted by Crippen LogP contribution is -2.47. The van der Waals surface area contributed by atoms with E-state index in [1.165, 1.54) is 14.2 Å². The highest BCUT2D eigenvalue weighted by Crippen LogP contribution is 2.27. The van der Waals surface area contributed by atoms with Crippen LogP contribution in [-0.4, -0.2) is 34.6 Å². The van der Waals surface area contributed by atoms with E-state index in [1.54, 1.807) is 30.3 Å². The molecule has 174 valence electrons. The van der Waals surface area contributed by atoms with E-state index in [0.29, 0.717) is 11.5 Å². The minimum atomic E-state index is -4.06. The quantitative estimate of drug-likeness (QED) is 0.473. The molecule has 1 amide bonds. The molecule has 0 saturated carbocycles. The van der Waals surface area contributed by atoms with Crippen LogP contribution in [0, 0.1) is 5.82 Å². The average molecular weight is 473 g/mol. The molecule has 0 heterocycles. The molecule has 3 rings (SSSR count). The van der Waals surface area contributed by atoms with E-state index in [9.17, 15) is 17.6 Å². The first-order valence-corrected chi connectivity index (χ1v) is 11.6. The molecular weight excluding hydrogens is 447 g/mol. The molecule has 1 atom stereocenters. The zero-order valence-corrected chi connectivity index (χ0v) is 19.1. The SMILES string of the molecule is COc1ccc(CNC(=O)[C@H](Cc2ccccc2)NS(=O)(=O)c2ccc(F)cc2)cc1OC. The molecule has 0 aromatic heterocycles. The van der Waals surface area contributed by atoms with Gasteiger partial charge in [0.2, 0.25) is 15.9 Å². The number of sulfonamides is 1. The van der Waals surface area contributed by atoms with Crippen LogP contribution in [0.3, 0.4) is 0 Å². The summed E-state index contributed by atoms with van der Waals surface area (Å²) in [6.07, 6.45) is 0.138. The Morgan fingerprint density at radius 1 is 0.909 bits per heavy atom. The van der Waals surface area contributed by atoms with Gasteiger partial charge in [-0.2, -0.15) is 4.72 Å². The van der Waals surface area contributed by atoms with Gasteiger partial charge in [0.15, 0.2) is 11.5 Å². The van der Waals surface area contributed by atoms with Crippen molar-refractivity contribution in [2.45, 2.75) is 23.9 Å². The summed E-state index contributed by atoms with van der Waals surface area (Å²) in [5, 5.41) is 2.77. The second-order valence-electron chi connectivity index (χ2n) is 7.22. The summed E-state index contributed by atoms with van der Waals surface area (Å²) in [5.74, 6) is 0.0189. The number of amides is 1. The standard InChI is InChI=1S/C24H25FN2O5S/c1-31-22-13-8-18(15-23(22)32-2)16-26-24(28)21(14-17-6-4-3-5-7-17)27-33(29,30)20-11-9-19(25)10-12-20/h3-13,15,21,27H,14,16H2,1-2H3,(H,26,28)/t21-/m0/s1. The van der Waals surface area contributed by atoms with Crippen molar-refractivity contribution in [1.82, 2.24) is 10.0 Å². The van der Waals surface area contributed by atoms with E-state index < -0.39 is 27.8 Å². The Bertz CT molecular complexity index is 1190. The smallest absolute Gasteiger partial charge is 0.241 e. The number of hydrogen-bond acceptors (Lipinski definition) is 5. The minimum absolute atomic E-state index is 0.130. The van der Waals surface area contributed by atoms with Crippen LogP contribution in [0.5, 0.6) is 11.5 Å². The number of ether oxygens (including phenoxy) is 2. The van der Waals surface area contributed by atoms with Gasteiger partial charge in [-0.05, 0) is 53.9 Å². The highest BCUT2D eigenvalue weighted by atomic mass is 32.2. The molecule has 3 aromatic rings. The Morgan fingerprint density at radius 3 is 2.21 bits per heavy atom. The molecule has 0 bridgehead atoms. The zero-order chi connectivity index (χ0) is 23.8. The first kappa shape index (κ1) is 24.2. The summed E-state index contributed by atoms with van der Waals surface area (Å²) in [5.41, 5.74) is 1.53. The van der Waals surface area contributed by atoms with Gasteiger partial charge in [-0.3, -0.25) is 4.79 Å². The highest BCUT2D eigenvalue weighted by molar-refractivity contribution is 7.89. The van der Waals surface area contributed by atoms with Crippen LogP contribution in [0.25, 0.3) is 0 Å². The lowest BCUT2D eigenvalue weighted by atomic mass is 10.1. The van der Waals surface area contributed by atoms with Gasteiger partial charge in [0.05, 0.1) is 19.1 Å². The van der Waals surface area contributed by atoms with Crippen LogP contribution in [0.4, 0.5) is 4.39 Å². The third-order valence-corrected chi connectivity index (χ3v) is 6.42.